The Morgan fingerprint density at radius 1 is 0.679 bits per heavy atom. The first-order chi connectivity index (χ1) is 13.8. The molecule has 2 nitrogen and oxygen atoms in total. The molecular weight excluding hydrogens is 342 g/mol. The standard InChI is InChI=1S/C26H25NO/c1-2-27(25-16-15-23-12-6-7-13-24(23)18-25)19-22-11-8-14-26(17-22)28-20-21-9-4-3-5-10-21/h3-18H,2,19-20H2,1H3. The van der Waals surface area contributed by atoms with Crippen LogP contribution in [0.25, 0.3) is 10.8 Å². The van der Waals surface area contributed by atoms with Gasteiger partial charge in [-0.25, -0.2) is 0 Å². The molecule has 0 aliphatic heterocycles. The van der Waals surface area contributed by atoms with Crippen LogP contribution in [-0.2, 0) is 13.2 Å². The lowest BCUT2D eigenvalue weighted by Crippen LogP contribution is -2.21. The summed E-state index contributed by atoms with van der Waals surface area (Å²) in [5, 5.41) is 2.55. The van der Waals surface area contributed by atoms with Gasteiger partial charge in [-0.15, -0.1) is 0 Å². The number of hydrogen-bond acceptors (Lipinski definition) is 2. The number of hydrogen-bond donors (Lipinski definition) is 0. The van der Waals surface area contributed by atoms with Gasteiger partial charge in [-0.1, -0.05) is 72.8 Å². The summed E-state index contributed by atoms with van der Waals surface area (Å²) in [5.41, 5.74) is 3.68. The fourth-order valence-electron chi connectivity index (χ4n) is 3.45. The summed E-state index contributed by atoms with van der Waals surface area (Å²) in [4.78, 5) is 2.39. The summed E-state index contributed by atoms with van der Waals surface area (Å²) < 4.78 is 5.99. The molecule has 0 aliphatic carbocycles. The second kappa shape index (κ2) is 8.62. The molecule has 0 fully saturated rings. The predicted molar refractivity (Wildman–Crippen MR) is 118 cm³/mol. The molecule has 0 spiro atoms. The zero-order valence-electron chi connectivity index (χ0n) is 16.2. The first-order valence-electron chi connectivity index (χ1n) is 9.81. The van der Waals surface area contributed by atoms with Gasteiger partial charge in [0.05, 0.1) is 0 Å². The van der Waals surface area contributed by atoms with Crippen LogP contribution < -0.4 is 9.64 Å². The third-order valence-electron chi connectivity index (χ3n) is 5.00. The third-order valence-corrected chi connectivity index (χ3v) is 5.00. The lowest BCUT2D eigenvalue weighted by atomic mass is 10.1. The van der Waals surface area contributed by atoms with Gasteiger partial charge in [0.2, 0.25) is 0 Å². The van der Waals surface area contributed by atoms with Gasteiger partial charge in [0.25, 0.3) is 0 Å². The normalized spacial score (nSPS) is 10.8. The topological polar surface area (TPSA) is 12.5 Å². The third kappa shape index (κ3) is 4.34. The van der Waals surface area contributed by atoms with Gasteiger partial charge >= 0.3 is 0 Å². The molecule has 28 heavy (non-hydrogen) atoms. The summed E-state index contributed by atoms with van der Waals surface area (Å²) in [6.45, 7) is 4.60. The quantitative estimate of drug-likeness (QED) is 0.372. The Morgan fingerprint density at radius 3 is 2.25 bits per heavy atom. The van der Waals surface area contributed by atoms with E-state index in [0.717, 1.165) is 18.8 Å². The summed E-state index contributed by atoms with van der Waals surface area (Å²) >= 11 is 0. The van der Waals surface area contributed by atoms with Crippen LogP contribution in [0.2, 0.25) is 0 Å². The summed E-state index contributed by atoms with van der Waals surface area (Å²) in [6, 6.07) is 33.9. The Labute approximate surface area is 167 Å². The Hall–Kier alpha value is -3.26. The second-order valence-corrected chi connectivity index (χ2v) is 6.97. The number of ether oxygens (including phenoxy) is 1. The Kier molecular flexibility index (Phi) is 5.58. The van der Waals surface area contributed by atoms with Crippen molar-refractivity contribution in [1.82, 2.24) is 0 Å². The van der Waals surface area contributed by atoms with Gasteiger partial charge in [0, 0.05) is 18.8 Å². The van der Waals surface area contributed by atoms with Crippen molar-refractivity contribution < 1.29 is 4.74 Å². The Bertz CT molecular complexity index is 1040. The highest BCUT2D eigenvalue weighted by atomic mass is 16.5. The molecule has 0 atom stereocenters. The lowest BCUT2D eigenvalue weighted by molar-refractivity contribution is 0.306. The van der Waals surface area contributed by atoms with E-state index < -0.39 is 0 Å². The molecule has 0 radical (unpaired) electrons. The van der Waals surface area contributed by atoms with E-state index in [1.54, 1.807) is 0 Å². The first-order valence-corrected chi connectivity index (χ1v) is 9.81. The minimum absolute atomic E-state index is 0.590. The molecular formula is C26H25NO. The zero-order chi connectivity index (χ0) is 19.2. The van der Waals surface area contributed by atoms with E-state index in [2.05, 4.69) is 84.6 Å². The highest BCUT2D eigenvalue weighted by Crippen LogP contribution is 2.24. The van der Waals surface area contributed by atoms with Crippen molar-refractivity contribution in [3.63, 3.8) is 0 Å². The summed E-state index contributed by atoms with van der Waals surface area (Å²) in [6.07, 6.45) is 0. The molecule has 4 rings (SSSR count). The predicted octanol–water partition coefficient (Wildman–Crippen LogP) is 6.45. The van der Waals surface area contributed by atoms with Crippen LogP contribution in [0.1, 0.15) is 18.1 Å². The van der Waals surface area contributed by atoms with Gasteiger partial charge in [0.1, 0.15) is 12.4 Å². The van der Waals surface area contributed by atoms with Crippen molar-refractivity contribution in [2.24, 2.45) is 0 Å². The van der Waals surface area contributed by atoms with Crippen LogP contribution >= 0.6 is 0 Å². The minimum Gasteiger partial charge on any atom is -0.489 e. The Morgan fingerprint density at radius 2 is 1.43 bits per heavy atom. The average molecular weight is 367 g/mol. The average Bonchev–Trinajstić information content (AvgIpc) is 2.77. The highest BCUT2D eigenvalue weighted by Gasteiger charge is 2.07. The van der Waals surface area contributed by atoms with E-state index in [9.17, 15) is 0 Å². The van der Waals surface area contributed by atoms with Crippen LogP contribution in [0, 0.1) is 0 Å². The van der Waals surface area contributed by atoms with Crippen LogP contribution in [0.5, 0.6) is 5.75 Å². The van der Waals surface area contributed by atoms with E-state index in [1.165, 1.54) is 27.6 Å². The van der Waals surface area contributed by atoms with Gasteiger partial charge in [0.15, 0.2) is 0 Å². The van der Waals surface area contributed by atoms with Crippen LogP contribution in [0.3, 0.4) is 0 Å². The lowest BCUT2D eigenvalue weighted by Gasteiger charge is -2.24. The van der Waals surface area contributed by atoms with E-state index in [-0.39, 0.29) is 0 Å². The van der Waals surface area contributed by atoms with Gasteiger partial charge in [-0.05, 0) is 53.1 Å². The molecule has 0 saturated carbocycles. The molecule has 2 heteroatoms. The van der Waals surface area contributed by atoms with E-state index >= 15 is 0 Å². The van der Waals surface area contributed by atoms with Crippen molar-refractivity contribution in [1.29, 1.82) is 0 Å². The molecule has 0 N–H and O–H groups in total. The summed E-state index contributed by atoms with van der Waals surface area (Å²) in [5.74, 6) is 0.913. The zero-order valence-corrected chi connectivity index (χ0v) is 16.2. The largest absolute Gasteiger partial charge is 0.489 e. The molecule has 0 aromatic heterocycles. The summed E-state index contributed by atoms with van der Waals surface area (Å²) in [7, 11) is 0. The van der Waals surface area contributed by atoms with Crippen molar-refractivity contribution in [3.05, 3.63) is 108 Å². The van der Waals surface area contributed by atoms with E-state index in [1.807, 2.05) is 24.3 Å². The molecule has 0 bridgehead atoms. The number of fused-ring (bicyclic) bond motifs is 1. The van der Waals surface area contributed by atoms with Crippen LogP contribution in [0.15, 0.2) is 97.1 Å². The van der Waals surface area contributed by atoms with E-state index in [0.29, 0.717) is 6.61 Å². The highest BCUT2D eigenvalue weighted by molar-refractivity contribution is 5.85. The molecule has 0 heterocycles. The molecule has 0 aliphatic rings. The number of nitrogens with zero attached hydrogens (tertiary/aromatic N) is 1. The first kappa shape index (κ1) is 18.1. The molecule has 140 valence electrons. The molecule has 0 unspecified atom stereocenters. The van der Waals surface area contributed by atoms with Crippen LogP contribution in [0.4, 0.5) is 5.69 Å². The van der Waals surface area contributed by atoms with Crippen molar-refractivity contribution >= 4 is 16.5 Å². The fourth-order valence-corrected chi connectivity index (χ4v) is 3.45. The maximum absolute atomic E-state index is 5.99. The molecule has 4 aromatic carbocycles. The monoisotopic (exact) mass is 367 g/mol. The molecule has 4 aromatic rings. The number of rotatable bonds is 7. The van der Waals surface area contributed by atoms with Gasteiger partial charge in [-0.2, -0.15) is 0 Å². The number of anilines is 1. The van der Waals surface area contributed by atoms with Crippen molar-refractivity contribution in [2.45, 2.75) is 20.1 Å². The smallest absolute Gasteiger partial charge is 0.120 e. The Balaban J connectivity index is 1.48. The van der Waals surface area contributed by atoms with Crippen LogP contribution in [-0.4, -0.2) is 6.54 Å². The minimum atomic E-state index is 0.590. The van der Waals surface area contributed by atoms with Gasteiger partial charge in [-0.3, -0.25) is 0 Å². The maximum Gasteiger partial charge on any atom is 0.120 e. The van der Waals surface area contributed by atoms with Crippen molar-refractivity contribution in [2.75, 3.05) is 11.4 Å². The van der Waals surface area contributed by atoms with Gasteiger partial charge < -0.3 is 9.64 Å². The molecule has 0 amide bonds. The number of benzene rings is 4. The second-order valence-electron chi connectivity index (χ2n) is 6.97. The van der Waals surface area contributed by atoms with Crippen molar-refractivity contribution in [3.8, 4) is 5.75 Å². The fraction of sp³-hybridized carbons (Fsp3) is 0.154. The molecule has 0 saturated heterocycles. The van der Waals surface area contributed by atoms with E-state index in [4.69, 9.17) is 4.74 Å². The SMILES string of the molecule is CCN(Cc1cccc(OCc2ccccc2)c1)c1ccc2ccccc2c1. The maximum atomic E-state index is 5.99.